The maximum Gasteiger partial charge on any atom is 0.222 e. The van der Waals surface area contributed by atoms with Gasteiger partial charge < -0.3 is 4.90 Å². The first-order chi connectivity index (χ1) is 7.15. The minimum atomic E-state index is 0.195. The molecule has 3 nitrogen and oxygen atoms in total. The number of piperidine rings is 1. The van der Waals surface area contributed by atoms with Crippen LogP contribution in [-0.4, -0.2) is 29.7 Å². The molecule has 15 heavy (non-hydrogen) atoms. The van der Waals surface area contributed by atoms with Crippen molar-refractivity contribution < 1.29 is 9.59 Å². The van der Waals surface area contributed by atoms with Gasteiger partial charge in [-0.2, -0.15) is 0 Å². The van der Waals surface area contributed by atoms with E-state index in [1.165, 1.54) is 0 Å². The Morgan fingerprint density at radius 1 is 1.20 bits per heavy atom. The summed E-state index contributed by atoms with van der Waals surface area (Å²) in [5.41, 5.74) is 0. The Labute approximate surface area is 92.8 Å². The summed E-state index contributed by atoms with van der Waals surface area (Å²) in [6.45, 7) is 9.04. The molecule has 0 saturated carbocycles. The van der Waals surface area contributed by atoms with Crippen LogP contribution in [0.5, 0.6) is 0 Å². The third kappa shape index (κ3) is 4.45. The number of rotatable bonds is 2. The summed E-state index contributed by atoms with van der Waals surface area (Å²) >= 11 is 0. The van der Waals surface area contributed by atoms with Crippen LogP contribution in [0.2, 0.25) is 0 Å². The zero-order valence-electron chi connectivity index (χ0n) is 10.4. The Bertz CT molecular complexity index is 206. The average molecular weight is 213 g/mol. The molecule has 0 atom stereocenters. The number of hydrogen-bond acceptors (Lipinski definition) is 2. The Morgan fingerprint density at radius 2 is 1.67 bits per heavy atom. The second-order valence-electron chi connectivity index (χ2n) is 3.62. The number of amides is 1. The molecule has 1 saturated heterocycles. The van der Waals surface area contributed by atoms with Gasteiger partial charge in [0.25, 0.3) is 0 Å². The van der Waals surface area contributed by atoms with Gasteiger partial charge in [0, 0.05) is 25.4 Å². The number of likely N-dealkylation sites (tertiary alicyclic amines) is 1. The summed E-state index contributed by atoms with van der Waals surface area (Å²) in [7, 11) is 0. The van der Waals surface area contributed by atoms with Gasteiger partial charge in [-0.15, -0.1) is 0 Å². The summed E-state index contributed by atoms with van der Waals surface area (Å²) in [6.07, 6.45) is 2.27. The third-order valence-electron chi connectivity index (χ3n) is 2.73. The van der Waals surface area contributed by atoms with Gasteiger partial charge in [-0.3, -0.25) is 9.59 Å². The van der Waals surface area contributed by atoms with Crippen LogP contribution in [0.4, 0.5) is 0 Å². The number of carbonyl (C=O) groups is 2. The highest BCUT2D eigenvalue weighted by Gasteiger charge is 2.23. The van der Waals surface area contributed by atoms with E-state index in [1.54, 1.807) is 6.92 Å². The summed E-state index contributed by atoms with van der Waals surface area (Å²) in [5.74, 6) is 0.673. The Balaban J connectivity index is 0.000000921. The van der Waals surface area contributed by atoms with Gasteiger partial charge in [0.15, 0.2) is 0 Å². The summed E-state index contributed by atoms with van der Waals surface area (Å²) in [5, 5.41) is 0. The van der Waals surface area contributed by atoms with Crippen molar-refractivity contribution in [1.82, 2.24) is 4.90 Å². The first kappa shape index (κ1) is 14.1. The molecule has 0 N–H and O–H groups in total. The molecule has 1 aliphatic rings. The fourth-order valence-corrected chi connectivity index (χ4v) is 1.76. The highest BCUT2D eigenvalue weighted by Crippen LogP contribution is 2.18. The van der Waals surface area contributed by atoms with Gasteiger partial charge >= 0.3 is 0 Å². The molecule has 0 unspecified atom stereocenters. The Morgan fingerprint density at radius 3 is 2.00 bits per heavy atom. The molecule has 0 aliphatic carbocycles. The fourth-order valence-electron chi connectivity index (χ4n) is 1.76. The van der Waals surface area contributed by atoms with Crippen LogP contribution in [0, 0.1) is 5.92 Å². The third-order valence-corrected chi connectivity index (χ3v) is 2.73. The second kappa shape index (κ2) is 7.43. The van der Waals surface area contributed by atoms with Crippen LogP contribution in [0.15, 0.2) is 0 Å². The molecular formula is C12H23NO2. The van der Waals surface area contributed by atoms with E-state index in [-0.39, 0.29) is 17.6 Å². The molecule has 1 fully saturated rings. The highest BCUT2D eigenvalue weighted by molar-refractivity contribution is 5.79. The van der Waals surface area contributed by atoms with E-state index >= 15 is 0 Å². The van der Waals surface area contributed by atoms with Gasteiger partial charge in [0.1, 0.15) is 5.78 Å². The molecule has 0 radical (unpaired) electrons. The fraction of sp³-hybridized carbons (Fsp3) is 0.833. The van der Waals surface area contributed by atoms with E-state index in [1.807, 2.05) is 25.7 Å². The van der Waals surface area contributed by atoms with Crippen molar-refractivity contribution in [3.63, 3.8) is 0 Å². The monoisotopic (exact) mass is 213 g/mol. The molecule has 88 valence electrons. The van der Waals surface area contributed by atoms with E-state index in [0.717, 1.165) is 25.9 Å². The topological polar surface area (TPSA) is 37.4 Å². The number of hydrogen-bond donors (Lipinski definition) is 0. The molecule has 0 bridgehead atoms. The Kier molecular flexibility index (Phi) is 7.01. The van der Waals surface area contributed by atoms with Crippen LogP contribution < -0.4 is 0 Å². The predicted molar refractivity (Wildman–Crippen MR) is 61.6 cm³/mol. The highest BCUT2D eigenvalue weighted by atomic mass is 16.2. The number of nitrogens with zero attached hydrogens (tertiary/aromatic N) is 1. The minimum Gasteiger partial charge on any atom is -0.343 e. The molecule has 0 spiro atoms. The number of Topliss-reactive ketones (excluding diaryl/α,β-unsaturated/α-hetero) is 1. The largest absolute Gasteiger partial charge is 0.343 e. The molecule has 0 aromatic rings. The van der Waals surface area contributed by atoms with Crippen molar-refractivity contribution >= 4 is 11.7 Å². The lowest BCUT2D eigenvalue weighted by molar-refractivity contribution is -0.134. The maximum atomic E-state index is 11.3. The van der Waals surface area contributed by atoms with E-state index in [9.17, 15) is 9.59 Å². The molecule has 3 heteroatoms. The average Bonchev–Trinajstić information content (AvgIpc) is 2.31. The van der Waals surface area contributed by atoms with Crippen molar-refractivity contribution in [3.05, 3.63) is 0 Å². The molecule has 0 aromatic carbocycles. The number of ketones is 1. The van der Waals surface area contributed by atoms with Gasteiger partial charge in [-0.25, -0.2) is 0 Å². The standard InChI is InChI=1S/C10H17NO2.C2H6/c1-3-10(13)11-6-4-9(5-7-11)8(2)12;1-2/h9H,3-7H2,1-2H3;1-2H3. The van der Waals surface area contributed by atoms with Crippen molar-refractivity contribution in [2.24, 2.45) is 5.92 Å². The van der Waals surface area contributed by atoms with Crippen molar-refractivity contribution in [2.75, 3.05) is 13.1 Å². The van der Waals surface area contributed by atoms with E-state index in [4.69, 9.17) is 0 Å². The molecule has 1 aliphatic heterocycles. The van der Waals surface area contributed by atoms with Crippen molar-refractivity contribution in [1.29, 1.82) is 0 Å². The SMILES string of the molecule is CC.CCC(=O)N1CCC(C(C)=O)CC1. The molecule has 1 heterocycles. The minimum absolute atomic E-state index is 0.195. The first-order valence-electron chi connectivity index (χ1n) is 5.93. The smallest absolute Gasteiger partial charge is 0.222 e. The van der Waals surface area contributed by atoms with E-state index in [0.29, 0.717) is 6.42 Å². The normalized spacial score (nSPS) is 16.7. The van der Waals surface area contributed by atoms with Gasteiger partial charge in [0.05, 0.1) is 0 Å². The van der Waals surface area contributed by atoms with Crippen LogP contribution in [0.25, 0.3) is 0 Å². The van der Waals surface area contributed by atoms with Crippen LogP contribution >= 0.6 is 0 Å². The summed E-state index contributed by atoms with van der Waals surface area (Å²) in [6, 6.07) is 0. The van der Waals surface area contributed by atoms with E-state index in [2.05, 4.69) is 0 Å². The van der Waals surface area contributed by atoms with E-state index < -0.39 is 0 Å². The van der Waals surface area contributed by atoms with Crippen LogP contribution in [0.1, 0.15) is 47.0 Å². The van der Waals surface area contributed by atoms with Crippen molar-refractivity contribution in [3.8, 4) is 0 Å². The number of carbonyl (C=O) groups excluding carboxylic acids is 2. The maximum absolute atomic E-state index is 11.3. The lowest BCUT2D eigenvalue weighted by Gasteiger charge is -2.30. The zero-order chi connectivity index (χ0) is 11.8. The summed E-state index contributed by atoms with van der Waals surface area (Å²) < 4.78 is 0. The van der Waals surface area contributed by atoms with Gasteiger partial charge in [0.2, 0.25) is 5.91 Å². The molecule has 1 amide bonds. The lowest BCUT2D eigenvalue weighted by atomic mass is 9.93. The van der Waals surface area contributed by atoms with Crippen LogP contribution in [-0.2, 0) is 9.59 Å². The summed E-state index contributed by atoms with van der Waals surface area (Å²) in [4.78, 5) is 24.2. The second-order valence-corrected chi connectivity index (χ2v) is 3.62. The van der Waals surface area contributed by atoms with Crippen molar-refractivity contribution in [2.45, 2.75) is 47.0 Å². The molecule has 1 rings (SSSR count). The molecular weight excluding hydrogens is 190 g/mol. The Hall–Kier alpha value is -0.860. The van der Waals surface area contributed by atoms with Gasteiger partial charge in [-0.05, 0) is 19.8 Å². The van der Waals surface area contributed by atoms with Gasteiger partial charge in [-0.1, -0.05) is 20.8 Å². The zero-order valence-corrected chi connectivity index (χ0v) is 10.4. The first-order valence-corrected chi connectivity index (χ1v) is 5.93. The quantitative estimate of drug-likeness (QED) is 0.705. The van der Waals surface area contributed by atoms with Crippen LogP contribution in [0.3, 0.4) is 0 Å². The lowest BCUT2D eigenvalue weighted by Crippen LogP contribution is -2.39. The predicted octanol–water partition coefficient (Wildman–Crippen LogP) is 2.25. The molecule has 0 aromatic heterocycles.